The third-order valence-electron chi connectivity index (χ3n) is 3.62. The van der Waals surface area contributed by atoms with Gasteiger partial charge in [0.25, 0.3) is 0 Å². The van der Waals surface area contributed by atoms with Crippen LogP contribution in [0.5, 0.6) is 0 Å². The Labute approximate surface area is 109 Å². The first-order chi connectivity index (χ1) is 8.65. The van der Waals surface area contributed by atoms with Gasteiger partial charge in [-0.15, -0.1) is 0 Å². The van der Waals surface area contributed by atoms with Crippen LogP contribution in [0.25, 0.3) is 0 Å². The third kappa shape index (κ3) is 2.84. The van der Waals surface area contributed by atoms with E-state index in [1.165, 1.54) is 17.5 Å². The predicted octanol–water partition coefficient (Wildman–Crippen LogP) is 2.95. The minimum Gasteiger partial charge on any atom is -0.370 e. The molecule has 98 valence electrons. The first-order valence-corrected chi connectivity index (χ1v) is 6.86. The van der Waals surface area contributed by atoms with Crippen LogP contribution in [0.2, 0.25) is 0 Å². The monoisotopic (exact) mass is 245 g/mol. The van der Waals surface area contributed by atoms with Gasteiger partial charge in [0, 0.05) is 5.69 Å². The van der Waals surface area contributed by atoms with Crippen LogP contribution in [0.1, 0.15) is 38.3 Å². The number of nitrogens with zero attached hydrogens (tertiary/aromatic N) is 1. The fourth-order valence-corrected chi connectivity index (χ4v) is 2.22. The van der Waals surface area contributed by atoms with Crippen LogP contribution in [-0.2, 0) is 12.8 Å². The molecule has 0 aromatic heterocycles. The number of rotatable bonds is 4. The van der Waals surface area contributed by atoms with Gasteiger partial charge in [0.05, 0.1) is 6.04 Å². The van der Waals surface area contributed by atoms with E-state index in [9.17, 15) is 0 Å². The van der Waals surface area contributed by atoms with E-state index in [1.807, 2.05) is 0 Å². The number of para-hydroxylation sites is 1. The number of hydrogen-bond donors (Lipinski definition) is 2. The second-order valence-corrected chi connectivity index (χ2v) is 5.08. The van der Waals surface area contributed by atoms with Crippen molar-refractivity contribution in [2.45, 2.75) is 46.1 Å². The van der Waals surface area contributed by atoms with Crippen molar-refractivity contribution < 1.29 is 0 Å². The highest BCUT2D eigenvalue weighted by Crippen LogP contribution is 2.32. The molecule has 1 fully saturated rings. The number of guanidine groups is 1. The lowest BCUT2D eigenvalue weighted by atomic mass is 10.0. The molecule has 1 aromatic rings. The molecular weight excluding hydrogens is 222 g/mol. The Morgan fingerprint density at radius 2 is 1.89 bits per heavy atom. The number of benzene rings is 1. The van der Waals surface area contributed by atoms with Crippen LogP contribution in [0.15, 0.2) is 23.2 Å². The molecule has 1 aliphatic rings. The largest absolute Gasteiger partial charge is 0.370 e. The average molecular weight is 245 g/mol. The first kappa shape index (κ1) is 12.9. The molecule has 2 rings (SSSR count). The van der Waals surface area contributed by atoms with Crippen LogP contribution < -0.4 is 11.1 Å². The van der Waals surface area contributed by atoms with Crippen LogP contribution >= 0.6 is 0 Å². The number of nitrogens with two attached hydrogens (primary N) is 1. The number of aliphatic imine (C=N–C) groups is 1. The van der Waals surface area contributed by atoms with Crippen molar-refractivity contribution in [3.05, 3.63) is 29.3 Å². The Morgan fingerprint density at radius 3 is 2.33 bits per heavy atom. The summed E-state index contributed by atoms with van der Waals surface area (Å²) in [6.07, 6.45) is 3.17. The van der Waals surface area contributed by atoms with Gasteiger partial charge in [0.15, 0.2) is 5.96 Å². The average Bonchev–Trinajstić information content (AvgIpc) is 3.04. The highest BCUT2D eigenvalue weighted by Gasteiger charge is 2.32. The maximum Gasteiger partial charge on any atom is 0.193 e. The Kier molecular flexibility index (Phi) is 3.90. The zero-order valence-corrected chi connectivity index (χ0v) is 11.5. The molecule has 1 aromatic carbocycles. The van der Waals surface area contributed by atoms with Gasteiger partial charge in [0.2, 0.25) is 0 Å². The van der Waals surface area contributed by atoms with Gasteiger partial charge in [-0.25, -0.2) is 4.99 Å². The molecule has 0 radical (unpaired) electrons. The van der Waals surface area contributed by atoms with Crippen molar-refractivity contribution in [1.82, 2.24) is 0 Å². The lowest BCUT2D eigenvalue weighted by molar-refractivity contribution is 0.893. The first-order valence-electron chi connectivity index (χ1n) is 6.86. The summed E-state index contributed by atoms with van der Waals surface area (Å²) in [4.78, 5) is 4.50. The van der Waals surface area contributed by atoms with Crippen molar-refractivity contribution in [1.29, 1.82) is 0 Å². The summed E-state index contributed by atoms with van der Waals surface area (Å²) >= 11 is 0. The van der Waals surface area contributed by atoms with Crippen LogP contribution in [0.4, 0.5) is 5.69 Å². The van der Waals surface area contributed by atoms with Crippen molar-refractivity contribution in [3.8, 4) is 0 Å². The lowest BCUT2D eigenvalue weighted by Gasteiger charge is -2.14. The van der Waals surface area contributed by atoms with E-state index in [2.05, 4.69) is 49.3 Å². The molecule has 0 heterocycles. The molecule has 2 atom stereocenters. The van der Waals surface area contributed by atoms with E-state index in [0.29, 0.717) is 17.9 Å². The minimum atomic E-state index is 0.427. The molecule has 3 nitrogen and oxygen atoms in total. The molecule has 2 unspecified atom stereocenters. The van der Waals surface area contributed by atoms with Gasteiger partial charge >= 0.3 is 0 Å². The molecule has 0 saturated heterocycles. The van der Waals surface area contributed by atoms with Crippen molar-refractivity contribution in [2.75, 3.05) is 5.32 Å². The van der Waals surface area contributed by atoms with E-state index in [1.54, 1.807) is 0 Å². The SMILES string of the molecule is CCc1cccc(CC)c1NC(N)=NC1CC1C. The second-order valence-electron chi connectivity index (χ2n) is 5.08. The standard InChI is InChI=1S/C15H23N3/c1-4-11-7-6-8-12(5-2)14(11)18-15(16)17-13-9-10(13)3/h6-8,10,13H,4-5,9H2,1-3H3,(H3,16,17,18). The normalized spacial score (nSPS) is 22.9. The fraction of sp³-hybridized carbons (Fsp3) is 0.533. The molecule has 3 heteroatoms. The van der Waals surface area contributed by atoms with Gasteiger partial charge in [-0.3, -0.25) is 0 Å². The molecule has 18 heavy (non-hydrogen) atoms. The highest BCUT2D eigenvalue weighted by atomic mass is 15.1. The Balaban J connectivity index is 2.19. The van der Waals surface area contributed by atoms with Crippen LogP contribution in [-0.4, -0.2) is 12.0 Å². The molecule has 3 N–H and O–H groups in total. The summed E-state index contributed by atoms with van der Waals surface area (Å²) in [5.41, 5.74) is 9.75. The smallest absolute Gasteiger partial charge is 0.193 e. The van der Waals surface area contributed by atoms with Crippen LogP contribution in [0, 0.1) is 5.92 Å². The molecule has 0 bridgehead atoms. The number of nitrogens with one attached hydrogen (secondary N) is 1. The van der Waals surface area contributed by atoms with Gasteiger partial charge in [-0.1, -0.05) is 39.0 Å². The summed E-state index contributed by atoms with van der Waals surface area (Å²) < 4.78 is 0. The molecule has 1 saturated carbocycles. The number of aryl methyl sites for hydroxylation is 2. The Morgan fingerprint density at radius 1 is 1.33 bits per heavy atom. The van der Waals surface area contributed by atoms with E-state index in [0.717, 1.165) is 18.5 Å². The predicted molar refractivity (Wildman–Crippen MR) is 78.0 cm³/mol. The molecule has 0 aliphatic heterocycles. The molecule has 0 spiro atoms. The van der Waals surface area contributed by atoms with Gasteiger partial charge in [-0.05, 0) is 36.3 Å². The summed E-state index contributed by atoms with van der Waals surface area (Å²) in [5, 5.41) is 3.30. The van der Waals surface area contributed by atoms with Crippen molar-refractivity contribution >= 4 is 11.6 Å². The topological polar surface area (TPSA) is 50.4 Å². The highest BCUT2D eigenvalue weighted by molar-refractivity contribution is 5.94. The molecule has 1 aliphatic carbocycles. The van der Waals surface area contributed by atoms with E-state index < -0.39 is 0 Å². The summed E-state index contributed by atoms with van der Waals surface area (Å²) in [7, 11) is 0. The maximum absolute atomic E-state index is 5.99. The summed E-state index contributed by atoms with van der Waals surface area (Å²) in [6.45, 7) is 6.53. The Hall–Kier alpha value is -1.51. The van der Waals surface area contributed by atoms with Gasteiger partial charge in [0.1, 0.15) is 0 Å². The third-order valence-corrected chi connectivity index (χ3v) is 3.62. The second kappa shape index (κ2) is 5.42. The number of hydrogen-bond acceptors (Lipinski definition) is 1. The fourth-order valence-electron chi connectivity index (χ4n) is 2.22. The van der Waals surface area contributed by atoms with Gasteiger partial charge < -0.3 is 11.1 Å². The Bertz CT molecular complexity index is 429. The van der Waals surface area contributed by atoms with Crippen LogP contribution in [0.3, 0.4) is 0 Å². The zero-order chi connectivity index (χ0) is 13.1. The molecule has 0 amide bonds. The lowest BCUT2D eigenvalue weighted by Crippen LogP contribution is -2.24. The van der Waals surface area contributed by atoms with E-state index >= 15 is 0 Å². The van der Waals surface area contributed by atoms with E-state index in [-0.39, 0.29) is 0 Å². The zero-order valence-electron chi connectivity index (χ0n) is 11.5. The van der Waals surface area contributed by atoms with E-state index in [4.69, 9.17) is 5.73 Å². The van der Waals surface area contributed by atoms with Crippen molar-refractivity contribution in [2.24, 2.45) is 16.6 Å². The maximum atomic E-state index is 5.99. The number of anilines is 1. The van der Waals surface area contributed by atoms with Crippen molar-refractivity contribution in [3.63, 3.8) is 0 Å². The quantitative estimate of drug-likeness (QED) is 0.633. The van der Waals surface area contributed by atoms with Gasteiger partial charge in [-0.2, -0.15) is 0 Å². The molecular formula is C15H23N3. The summed E-state index contributed by atoms with van der Waals surface area (Å²) in [6, 6.07) is 6.83. The summed E-state index contributed by atoms with van der Waals surface area (Å²) in [5.74, 6) is 1.25. The minimum absolute atomic E-state index is 0.427.